The number of amides is 1. The minimum absolute atomic E-state index is 0.0270. The number of H-pyrrole nitrogens is 1. The molecule has 0 saturated heterocycles. The molecule has 0 aliphatic rings. The zero-order chi connectivity index (χ0) is 13.0. The number of carbonyl (C=O) groups excluding carboxylic acids is 2. The average Bonchev–Trinajstić information content (AvgIpc) is 2.71. The Kier molecular flexibility index (Phi) is 4.26. The van der Waals surface area contributed by atoms with E-state index in [1.54, 1.807) is 24.1 Å². The highest BCUT2D eigenvalue weighted by molar-refractivity contribution is 5.75. The average molecular weight is 234 g/mol. The molecular formula is C13H18N2O2. The zero-order valence-corrected chi connectivity index (χ0v) is 10.5. The molecule has 1 aromatic rings. The van der Waals surface area contributed by atoms with Crippen molar-refractivity contribution < 1.29 is 9.59 Å². The number of aromatic amines is 1. The number of carbonyl (C=O) groups is 2. The van der Waals surface area contributed by atoms with Gasteiger partial charge in [0.2, 0.25) is 5.91 Å². The number of likely N-dealkylation sites (N-methyl/N-ethyl adjacent to an activating group) is 1. The van der Waals surface area contributed by atoms with Crippen LogP contribution in [0.15, 0.2) is 12.6 Å². The van der Waals surface area contributed by atoms with Crippen LogP contribution in [0.25, 0.3) is 6.08 Å². The summed E-state index contributed by atoms with van der Waals surface area (Å²) in [7, 11) is 1.76. The van der Waals surface area contributed by atoms with Gasteiger partial charge in [-0.3, -0.25) is 9.59 Å². The van der Waals surface area contributed by atoms with Crippen molar-refractivity contribution in [3.63, 3.8) is 0 Å². The number of aldehydes is 1. The molecule has 0 saturated carbocycles. The molecule has 4 nitrogen and oxygen atoms in total. The summed E-state index contributed by atoms with van der Waals surface area (Å²) in [6, 6.07) is 1.76. The maximum absolute atomic E-state index is 11.2. The van der Waals surface area contributed by atoms with Crippen molar-refractivity contribution in [2.75, 3.05) is 13.6 Å². The van der Waals surface area contributed by atoms with E-state index in [0.29, 0.717) is 12.2 Å². The van der Waals surface area contributed by atoms with Crippen molar-refractivity contribution in [3.8, 4) is 0 Å². The molecule has 0 aromatic carbocycles. The summed E-state index contributed by atoms with van der Waals surface area (Å²) in [5, 5.41) is 0. The number of hydrogen-bond donors (Lipinski definition) is 1. The fourth-order valence-electron chi connectivity index (χ4n) is 1.78. The highest BCUT2D eigenvalue weighted by atomic mass is 16.2. The van der Waals surface area contributed by atoms with Crippen LogP contribution in [0.2, 0.25) is 0 Å². The van der Waals surface area contributed by atoms with E-state index < -0.39 is 0 Å². The first kappa shape index (κ1) is 13.2. The van der Waals surface area contributed by atoms with Crippen LogP contribution in [0.4, 0.5) is 0 Å². The molecule has 1 N–H and O–H groups in total. The van der Waals surface area contributed by atoms with Crippen molar-refractivity contribution in [2.45, 2.75) is 19.8 Å². The standard InChI is InChI=1S/C13H18N2O2/c1-5-11-6-12(8-16)14-13(11)9(2)7-15(4)10(3)17/h5-6,8-9,14H,1,7H2,2-4H3. The van der Waals surface area contributed by atoms with Gasteiger partial charge in [0, 0.05) is 32.1 Å². The lowest BCUT2D eigenvalue weighted by atomic mass is 10.0. The van der Waals surface area contributed by atoms with E-state index in [2.05, 4.69) is 11.6 Å². The number of nitrogens with zero attached hydrogens (tertiary/aromatic N) is 1. The smallest absolute Gasteiger partial charge is 0.219 e. The van der Waals surface area contributed by atoms with Crippen molar-refractivity contribution >= 4 is 18.3 Å². The third-order valence-electron chi connectivity index (χ3n) is 2.83. The Hall–Kier alpha value is -1.84. The van der Waals surface area contributed by atoms with E-state index >= 15 is 0 Å². The van der Waals surface area contributed by atoms with Crippen molar-refractivity contribution in [2.24, 2.45) is 0 Å². The van der Waals surface area contributed by atoms with Gasteiger partial charge in [0.05, 0.1) is 5.69 Å². The van der Waals surface area contributed by atoms with Crippen LogP contribution in [0.5, 0.6) is 0 Å². The van der Waals surface area contributed by atoms with Gasteiger partial charge in [-0.15, -0.1) is 0 Å². The summed E-state index contributed by atoms with van der Waals surface area (Å²) in [6.07, 6.45) is 2.49. The maximum Gasteiger partial charge on any atom is 0.219 e. The Morgan fingerprint density at radius 2 is 2.29 bits per heavy atom. The van der Waals surface area contributed by atoms with Gasteiger partial charge in [-0.05, 0) is 11.6 Å². The van der Waals surface area contributed by atoms with Crippen LogP contribution in [0.1, 0.15) is 41.5 Å². The first-order valence-electron chi connectivity index (χ1n) is 5.51. The monoisotopic (exact) mass is 234 g/mol. The Morgan fingerprint density at radius 1 is 1.65 bits per heavy atom. The summed E-state index contributed by atoms with van der Waals surface area (Å²) in [4.78, 5) is 26.6. The first-order chi connectivity index (χ1) is 7.99. The summed E-state index contributed by atoms with van der Waals surface area (Å²) in [5.74, 6) is 0.157. The van der Waals surface area contributed by atoms with E-state index in [9.17, 15) is 9.59 Å². The van der Waals surface area contributed by atoms with Gasteiger partial charge in [-0.1, -0.05) is 19.6 Å². The number of hydrogen-bond acceptors (Lipinski definition) is 2. The largest absolute Gasteiger partial charge is 0.355 e. The molecule has 1 heterocycles. The van der Waals surface area contributed by atoms with Crippen LogP contribution in [-0.2, 0) is 4.79 Å². The third-order valence-corrected chi connectivity index (χ3v) is 2.83. The Morgan fingerprint density at radius 3 is 2.76 bits per heavy atom. The van der Waals surface area contributed by atoms with E-state index in [4.69, 9.17) is 0 Å². The minimum Gasteiger partial charge on any atom is -0.355 e. The van der Waals surface area contributed by atoms with Crippen molar-refractivity contribution in [1.82, 2.24) is 9.88 Å². The molecule has 0 radical (unpaired) electrons. The third kappa shape index (κ3) is 3.06. The molecular weight excluding hydrogens is 216 g/mol. The second-order valence-electron chi connectivity index (χ2n) is 4.22. The van der Waals surface area contributed by atoms with Gasteiger partial charge in [0.25, 0.3) is 0 Å². The quantitative estimate of drug-likeness (QED) is 0.793. The SMILES string of the molecule is C=Cc1cc(C=O)[nH]c1C(C)CN(C)C(C)=O. The topological polar surface area (TPSA) is 53.2 Å². The second kappa shape index (κ2) is 5.48. The predicted octanol–water partition coefficient (Wildman–Crippen LogP) is 2.05. The fourth-order valence-corrected chi connectivity index (χ4v) is 1.78. The lowest BCUT2D eigenvalue weighted by Crippen LogP contribution is -2.28. The van der Waals surface area contributed by atoms with Crippen molar-refractivity contribution in [1.29, 1.82) is 0 Å². The lowest BCUT2D eigenvalue weighted by Gasteiger charge is -2.20. The molecule has 92 valence electrons. The molecule has 0 aliphatic carbocycles. The highest BCUT2D eigenvalue weighted by Gasteiger charge is 2.15. The van der Waals surface area contributed by atoms with Gasteiger partial charge in [0.15, 0.2) is 6.29 Å². The van der Waals surface area contributed by atoms with Crippen LogP contribution >= 0.6 is 0 Å². The molecule has 0 aliphatic heterocycles. The summed E-state index contributed by atoms with van der Waals surface area (Å²) >= 11 is 0. The van der Waals surface area contributed by atoms with Crippen LogP contribution < -0.4 is 0 Å². The van der Waals surface area contributed by atoms with Crippen LogP contribution in [0, 0.1) is 0 Å². The van der Waals surface area contributed by atoms with Crippen LogP contribution in [-0.4, -0.2) is 35.7 Å². The fraction of sp³-hybridized carbons (Fsp3) is 0.385. The van der Waals surface area contributed by atoms with E-state index in [0.717, 1.165) is 17.5 Å². The normalized spacial score (nSPS) is 11.9. The summed E-state index contributed by atoms with van der Waals surface area (Å²) in [6.45, 7) is 7.87. The number of rotatable bonds is 5. The summed E-state index contributed by atoms with van der Waals surface area (Å²) in [5.41, 5.74) is 2.39. The molecule has 17 heavy (non-hydrogen) atoms. The molecule has 1 amide bonds. The zero-order valence-electron chi connectivity index (χ0n) is 10.5. The molecule has 4 heteroatoms. The van der Waals surface area contributed by atoms with Crippen LogP contribution in [0.3, 0.4) is 0 Å². The molecule has 1 rings (SSSR count). The molecule has 0 fully saturated rings. The predicted molar refractivity (Wildman–Crippen MR) is 68.0 cm³/mol. The molecule has 1 unspecified atom stereocenters. The molecule has 1 atom stereocenters. The second-order valence-corrected chi connectivity index (χ2v) is 4.22. The highest BCUT2D eigenvalue weighted by Crippen LogP contribution is 2.21. The van der Waals surface area contributed by atoms with Gasteiger partial charge < -0.3 is 9.88 Å². The molecule has 0 spiro atoms. The van der Waals surface area contributed by atoms with Gasteiger partial charge in [0.1, 0.15) is 0 Å². The minimum atomic E-state index is 0.0270. The molecule has 0 bridgehead atoms. The Labute approximate surface area is 101 Å². The summed E-state index contributed by atoms with van der Waals surface area (Å²) < 4.78 is 0. The van der Waals surface area contributed by atoms with E-state index in [1.165, 1.54) is 6.92 Å². The maximum atomic E-state index is 11.2. The van der Waals surface area contributed by atoms with E-state index in [1.807, 2.05) is 6.92 Å². The van der Waals surface area contributed by atoms with Gasteiger partial charge in [-0.2, -0.15) is 0 Å². The number of aromatic nitrogens is 1. The molecule has 1 aromatic heterocycles. The van der Waals surface area contributed by atoms with Gasteiger partial charge in [-0.25, -0.2) is 0 Å². The first-order valence-corrected chi connectivity index (χ1v) is 5.51. The van der Waals surface area contributed by atoms with Crippen molar-refractivity contribution in [3.05, 3.63) is 29.6 Å². The van der Waals surface area contributed by atoms with Gasteiger partial charge >= 0.3 is 0 Å². The Balaban J connectivity index is 2.90. The number of nitrogens with one attached hydrogen (secondary N) is 1. The lowest BCUT2D eigenvalue weighted by molar-refractivity contribution is -0.127. The Bertz CT molecular complexity index is 435. The van der Waals surface area contributed by atoms with E-state index in [-0.39, 0.29) is 11.8 Å².